The van der Waals surface area contributed by atoms with Gasteiger partial charge in [-0.3, -0.25) is 4.79 Å². The van der Waals surface area contributed by atoms with Crippen LogP contribution < -0.4 is 0 Å². The first kappa shape index (κ1) is 12.3. The van der Waals surface area contributed by atoms with E-state index in [1.165, 1.54) is 0 Å². The highest BCUT2D eigenvalue weighted by Gasteiger charge is 2.21. The maximum atomic E-state index is 12.5. The summed E-state index contributed by atoms with van der Waals surface area (Å²) in [6, 6.07) is 2.62. The normalized spacial score (nSPS) is 10.1. The third kappa shape index (κ3) is 2.60. The van der Waals surface area contributed by atoms with Crippen molar-refractivity contribution in [2.45, 2.75) is 6.43 Å². The molecule has 0 aliphatic carbocycles. The predicted octanol–water partition coefficient (Wildman–Crippen LogP) is 2.87. The van der Waals surface area contributed by atoms with Crippen LogP contribution in [0, 0.1) is 15.0 Å². The van der Waals surface area contributed by atoms with Crippen LogP contribution in [0.5, 0.6) is 0 Å². The summed E-state index contributed by atoms with van der Waals surface area (Å²) in [5.41, 5.74) is -1.13. The van der Waals surface area contributed by atoms with E-state index in [0.717, 1.165) is 6.07 Å². The zero-order chi connectivity index (χ0) is 11.6. The van der Waals surface area contributed by atoms with E-state index in [-0.39, 0.29) is 9.26 Å². The summed E-state index contributed by atoms with van der Waals surface area (Å²) >= 11 is 6.77. The van der Waals surface area contributed by atoms with Crippen molar-refractivity contribution in [3.8, 4) is 6.07 Å². The van der Waals surface area contributed by atoms with Crippen molar-refractivity contribution in [2.75, 3.05) is 0 Å². The van der Waals surface area contributed by atoms with Crippen molar-refractivity contribution in [1.29, 1.82) is 5.26 Å². The number of rotatable bonds is 2. The Kier molecular flexibility index (Phi) is 3.93. The van der Waals surface area contributed by atoms with E-state index in [0.29, 0.717) is 0 Å². The number of carbonyl (C=O) groups is 1. The molecule has 0 radical (unpaired) electrons. The molecule has 1 aromatic rings. The standard InChI is InChI=1S/C8H2ClF2IN2O/c9-6(15)5-4(7(10)11)1-3(2-13)8(12)14-5/h1,7H. The molecular formula is C8H2ClF2IN2O. The van der Waals surface area contributed by atoms with Crippen molar-refractivity contribution >= 4 is 39.4 Å². The Bertz CT molecular complexity index is 459. The maximum absolute atomic E-state index is 12.5. The predicted molar refractivity (Wildman–Crippen MR) is 56.8 cm³/mol. The van der Waals surface area contributed by atoms with Gasteiger partial charge in [-0.1, -0.05) is 0 Å². The number of hydrogen-bond acceptors (Lipinski definition) is 3. The highest BCUT2D eigenvalue weighted by molar-refractivity contribution is 14.1. The molecule has 0 aromatic carbocycles. The lowest BCUT2D eigenvalue weighted by Gasteiger charge is -2.05. The molecule has 0 atom stereocenters. The Balaban J connectivity index is 3.47. The molecule has 0 unspecified atom stereocenters. The van der Waals surface area contributed by atoms with Crippen LogP contribution in [-0.4, -0.2) is 10.2 Å². The minimum atomic E-state index is -2.89. The van der Waals surface area contributed by atoms with Gasteiger partial charge in [-0.25, -0.2) is 13.8 Å². The van der Waals surface area contributed by atoms with Gasteiger partial charge in [0.2, 0.25) is 0 Å². The van der Waals surface area contributed by atoms with Crippen molar-refractivity contribution in [1.82, 2.24) is 4.98 Å². The first-order chi connectivity index (χ1) is 6.97. The van der Waals surface area contributed by atoms with Crippen LogP contribution in [-0.2, 0) is 0 Å². The lowest BCUT2D eigenvalue weighted by molar-refractivity contribution is 0.106. The third-order valence-corrected chi connectivity index (χ3v) is 2.55. The van der Waals surface area contributed by atoms with Crippen LogP contribution in [0.15, 0.2) is 6.07 Å². The van der Waals surface area contributed by atoms with Gasteiger partial charge in [0, 0.05) is 5.56 Å². The fraction of sp³-hybridized carbons (Fsp3) is 0.125. The molecule has 0 bridgehead atoms. The topological polar surface area (TPSA) is 53.8 Å². The molecule has 0 fully saturated rings. The van der Waals surface area contributed by atoms with Gasteiger partial charge in [0.1, 0.15) is 15.5 Å². The van der Waals surface area contributed by atoms with Gasteiger partial charge in [-0.05, 0) is 40.3 Å². The molecular weight excluding hydrogens is 340 g/mol. The minimum Gasteiger partial charge on any atom is -0.274 e. The number of alkyl halides is 2. The fourth-order valence-corrected chi connectivity index (χ4v) is 1.58. The van der Waals surface area contributed by atoms with Gasteiger partial charge < -0.3 is 0 Å². The molecule has 1 heterocycles. The maximum Gasteiger partial charge on any atom is 0.271 e. The summed E-state index contributed by atoms with van der Waals surface area (Å²) < 4.78 is 25.1. The van der Waals surface area contributed by atoms with E-state index in [4.69, 9.17) is 16.9 Å². The van der Waals surface area contributed by atoms with Gasteiger partial charge in [-0.15, -0.1) is 0 Å². The Hall–Kier alpha value is -0.810. The molecule has 0 aliphatic heterocycles. The van der Waals surface area contributed by atoms with Crippen molar-refractivity contribution in [2.24, 2.45) is 0 Å². The monoisotopic (exact) mass is 342 g/mol. The lowest BCUT2D eigenvalue weighted by atomic mass is 10.1. The van der Waals surface area contributed by atoms with Gasteiger partial charge >= 0.3 is 0 Å². The van der Waals surface area contributed by atoms with Gasteiger partial charge in [0.15, 0.2) is 0 Å². The number of nitrogens with zero attached hydrogens (tertiary/aromatic N) is 2. The van der Waals surface area contributed by atoms with Crippen molar-refractivity contribution in [3.63, 3.8) is 0 Å². The largest absolute Gasteiger partial charge is 0.274 e. The average Bonchev–Trinajstić information content (AvgIpc) is 2.16. The molecule has 15 heavy (non-hydrogen) atoms. The molecule has 0 spiro atoms. The van der Waals surface area contributed by atoms with Crippen LogP contribution in [0.2, 0.25) is 0 Å². The van der Waals surface area contributed by atoms with E-state index in [9.17, 15) is 13.6 Å². The zero-order valence-electron chi connectivity index (χ0n) is 6.97. The number of hydrogen-bond donors (Lipinski definition) is 0. The van der Waals surface area contributed by atoms with Crippen LogP contribution in [0.25, 0.3) is 0 Å². The molecule has 0 saturated heterocycles. The molecule has 1 aromatic heterocycles. The van der Waals surface area contributed by atoms with Crippen LogP contribution in [0.4, 0.5) is 8.78 Å². The second kappa shape index (κ2) is 4.81. The van der Waals surface area contributed by atoms with E-state index >= 15 is 0 Å². The lowest BCUT2D eigenvalue weighted by Crippen LogP contribution is -2.05. The molecule has 0 amide bonds. The van der Waals surface area contributed by atoms with Gasteiger partial charge in [0.25, 0.3) is 11.7 Å². The molecule has 0 N–H and O–H groups in total. The zero-order valence-corrected chi connectivity index (χ0v) is 9.88. The number of pyridine rings is 1. The summed E-state index contributed by atoms with van der Waals surface area (Å²) in [4.78, 5) is 14.4. The van der Waals surface area contributed by atoms with Gasteiger partial charge in [0.05, 0.1) is 5.56 Å². The van der Waals surface area contributed by atoms with Crippen LogP contribution in [0.1, 0.15) is 28.0 Å². The Morgan fingerprint density at radius 1 is 1.67 bits per heavy atom. The fourth-order valence-electron chi connectivity index (χ4n) is 0.909. The summed E-state index contributed by atoms with van der Waals surface area (Å²) in [7, 11) is 0. The number of nitriles is 1. The highest BCUT2D eigenvalue weighted by atomic mass is 127. The van der Waals surface area contributed by atoms with Crippen molar-refractivity contribution in [3.05, 3.63) is 26.6 Å². The smallest absolute Gasteiger partial charge is 0.271 e. The summed E-state index contributed by atoms with van der Waals surface area (Å²) in [5, 5.41) is 7.53. The molecule has 0 aliphatic rings. The third-order valence-electron chi connectivity index (χ3n) is 1.55. The molecule has 7 heteroatoms. The molecule has 0 saturated carbocycles. The molecule has 3 nitrogen and oxygen atoms in total. The summed E-state index contributed by atoms with van der Waals surface area (Å²) in [6.45, 7) is 0. The molecule has 78 valence electrons. The summed E-state index contributed by atoms with van der Waals surface area (Å²) in [6.07, 6.45) is -2.89. The first-order valence-corrected chi connectivity index (χ1v) is 5.01. The minimum absolute atomic E-state index is 0.00688. The quantitative estimate of drug-likeness (QED) is 0.472. The number of halogens is 4. The second-order valence-electron chi connectivity index (χ2n) is 2.45. The Labute approximate surface area is 102 Å². The summed E-state index contributed by atoms with van der Waals surface area (Å²) in [5.74, 6) is 0. The van der Waals surface area contributed by atoms with E-state index in [1.807, 2.05) is 0 Å². The first-order valence-electron chi connectivity index (χ1n) is 3.56. The van der Waals surface area contributed by atoms with Crippen LogP contribution >= 0.6 is 34.2 Å². The average molecular weight is 342 g/mol. The Morgan fingerprint density at radius 3 is 2.67 bits per heavy atom. The Morgan fingerprint density at radius 2 is 2.27 bits per heavy atom. The van der Waals surface area contributed by atoms with E-state index in [1.54, 1.807) is 28.7 Å². The van der Waals surface area contributed by atoms with E-state index in [2.05, 4.69) is 4.98 Å². The van der Waals surface area contributed by atoms with Gasteiger partial charge in [-0.2, -0.15) is 5.26 Å². The van der Waals surface area contributed by atoms with E-state index < -0.39 is 22.9 Å². The number of aromatic nitrogens is 1. The number of carbonyl (C=O) groups excluding carboxylic acids is 1. The SMILES string of the molecule is N#Cc1cc(C(F)F)c(C(=O)Cl)nc1I. The van der Waals surface area contributed by atoms with Crippen molar-refractivity contribution < 1.29 is 13.6 Å². The molecule has 1 rings (SSSR count). The highest BCUT2D eigenvalue weighted by Crippen LogP contribution is 2.25. The second-order valence-corrected chi connectivity index (χ2v) is 3.82. The van der Waals surface area contributed by atoms with Crippen LogP contribution in [0.3, 0.4) is 0 Å².